The maximum absolute atomic E-state index is 9.01. The molecule has 0 bridgehead atoms. The standard InChI is InChI=1S/C14H21NO3/c1-17-13-4-2-3-5-14(13)18-11-9-15(8-10-16)12-6-7-12/h2-5,12,16H,6-11H2,1H3. The van der Waals surface area contributed by atoms with Gasteiger partial charge in [-0.1, -0.05) is 12.1 Å². The van der Waals surface area contributed by atoms with E-state index in [2.05, 4.69) is 4.90 Å². The van der Waals surface area contributed by atoms with E-state index in [1.807, 2.05) is 24.3 Å². The average Bonchev–Trinajstić information content (AvgIpc) is 3.22. The molecule has 1 N–H and O–H groups in total. The van der Waals surface area contributed by atoms with Gasteiger partial charge in [-0.25, -0.2) is 0 Å². The van der Waals surface area contributed by atoms with Gasteiger partial charge in [0.15, 0.2) is 11.5 Å². The summed E-state index contributed by atoms with van der Waals surface area (Å²) in [6, 6.07) is 8.31. The van der Waals surface area contributed by atoms with Gasteiger partial charge in [-0.05, 0) is 25.0 Å². The second-order valence-electron chi connectivity index (χ2n) is 4.49. The highest BCUT2D eigenvalue weighted by Gasteiger charge is 2.28. The molecule has 4 nitrogen and oxygen atoms in total. The summed E-state index contributed by atoms with van der Waals surface area (Å²) in [5.41, 5.74) is 0. The maximum atomic E-state index is 9.01. The molecule has 1 aromatic rings. The van der Waals surface area contributed by atoms with E-state index in [1.165, 1.54) is 12.8 Å². The first-order chi connectivity index (χ1) is 8.85. The highest BCUT2D eigenvalue weighted by Crippen LogP contribution is 2.27. The van der Waals surface area contributed by atoms with Crippen molar-refractivity contribution >= 4 is 0 Å². The topological polar surface area (TPSA) is 41.9 Å². The van der Waals surface area contributed by atoms with Gasteiger partial charge in [-0.3, -0.25) is 4.90 Å². The summed E-state index contributed by atoms with van der Waals surface area (Å²) in [6.45, 7) is 2.42. The van der Waals surface area contributed by atoms with Crippen LogP contribution in [-0.2, 0) is 0 Å². The summed E-state index contributed by atoms with van der Waals surface area (Å²) in [6.07, 6.45) is 2.49. The van der Waals surface area contributed by atoms with Crippen LogP contribution in [0.15, 0.2) is 24.3 Å². The smallest absolute Gasteiger partial charge is 0.161 e. The van der Waals surface area contributed by atoms with Crippen molar-refractivity contribution in [2.24, 2.45) is 0 Å². The van der Waals surface area contributed by atoms with Gasteiger partial charge in [0.2, 0.25) is 0 Å². The lowest BCUT2D eigenvalue weighted by molar-refractivity contribution is 0.160. The summed E-state index contributed by atoms with van der Waals surface area (Å²) in [5.74, 6) is 1.54. The lowest BCUT2D eigenvalue weighted by Gasteiger charge is -2.21. The van der Waals surface area contributed by atoms with E-state index in [0.29, 0.717) is 12.6 Å². The number of aliphatic hydroxyl groups is 1. The van der Waals surface area contributed by atoms with E-state index in [4.69, 9.17) is 14.6 Å². The van der Waals surface area contributed by atoms with Gasteiger partial charge in [0, 0.05) is 19.1 Å². The predicted octanol–water partition coefficient (Wildman–Crippen LogP) is 1.53. The van der Waals surface area contributed by atoms with E-state index in [0.717, 1.165) is 24.6 Å². The quantitative estimate of drug-likeness (QED) is 0.761. The molecule has 1 aliphatic rings. The number of hydrogen-bond donors (Lipinski definition) is 1. The van der Waals surface area contributed by atoms with Gasteiger partial charge in [0.1, 0.15) is 6.61 Å². The first kappa shape index (κ1) is 13.2. The summed E-state index contributed by atoms with van der Waals surface area (Å²) in [5, 5.41) is 9.01. The lowest BCUT2D eigenvalue weighted by Crippen LogP contribution is -2.33. The molecule has 1 saturated carbocycles. The van der Waals surface area contributed by atoms with Crippen LogP contribution in [0, 0.1) is 0 Å². The third-order valence-electron chi connectivity index (χ3n) is 3.16. The lowest BCUT2D eigenvalue weighted by atomic mass is 10.3. The normalized spacial score (nSPS) is 14.8. The van der Waals surface area contributed by atoms with E-state index in [1.54, 1.807) is 7.11 Å². The third-order valence-corrected chi connectivity index (χ3v) is 3.16. The fourth-order valence-electron chi connectivity index (χ4n) is 2.06. The van der Waals surface area contributed by atoms with Crippen molar-refractivity contribution in [2.45, 2.75) is 18.9 Å². The Hall–Kier alpha value is -1.26. The van der Waals surface area contributed by atoms with Crippen molar-refractivity contribution in [1.82, 2.24) is 4.90 Å². The van der Waals surface area contributed by atoms with Crippen LogP contribution < -0.4 is 9.47 Å². The van der Waals surface area contributed by atoms with E-state index in [-0.39, 0.29) is 6.61 Å². The molecule has 1 fully saturated rings. The first-order valence-corrected chi connectivity index (χ1v) is 6.46. The van der Waals surface area contributed by atoms with Gasteiger partial charge in [0.25, 0.3) is 0 Å². The largest absolute Gasteiger partial charge is 0.493 e. The Morgan fingerprint density at radius 3 is 2.56 bits per heavy atom. The molecular formula is C14H21NO3. The molecule has 0 unspecified atom stereocenters. The molecular weight excluding hydrogens is 230 g/mol. The van der Waals surface area contributed by atoms with Crippen molar-refractivity contribution in [2.75, 3.05) is 33.4 Å². The Balaban J connectivity index is 1.79. The van der Waals surface area contributed by atoms with Gasteiger partial charge < -0.3 is 14.6 Å². The fourth-order valence-corrected chi connectivity index (χ4v) is 2.06. The minimum atomic E-state index is 0.213. The number of rotatable bonds is 8. The van der Waals surface area contributed by atoms with Crippen molar-refractivity contribution in [1.29, 1.82) is 0 Å². The number of methoxy groups -OCH3 is 1. The summed E-state index contributed by atoms with van der Waals surface area (Å²) in [4.78, 5) is 2.29. The number of hydrogen-bond acceptors (Lipinski definition) is 4. The number of aliphatic hydroxyl groups excluding tert-OH is 1. The fraction of sp³-hybridized carbons (Fsp3) is 0.571. The summed E-state index contributed by atoms with van der Waals surface area (Å²) < 4.78 is 11.0. The third kappa shape index (κ3) is 3.62. The van der Waals surface area contributed by atoms with Crippen LogP contribution in [0.2, 0.25) is 0 Å². The molecule has 100 valence electrons. The Labute approximate surface area is 108 Å². The van der Waals surface area contributed by atoms with Crippen molar-refractivity contribution in [3.05, 3.63) is 24.3 Å². The molecule has 2 rings (SSSR count). The van der Waals surface area contributed by atoms with Crippen LogP contribution >= 0.6 is 0 Å². The molecule has 4 heteroatoms. The van der Waals surface area contributed by atoms with Crippen LogP contribution in [0.1, 0.15) is 12.8 Å². The summed E-state index contributed by atoms with van der Waals surface area (Å²) in [7, 11) is 1.64. The molecule has 0 saturated heterocycles. The Morgan fingerprint density at radius 2 is 1.94 bits per heavy atom. The molecule has 0 heterocycles. The number of ether oxygens (including phenoxy) is 2. The molecule has 0 spiro atoms. The SMILES string of the molecule is COc1ccccc1OCCN(CCO)C1CC1. The second-order valence-corrected chi connectivity index (χ2v) is 4.49. The molecule has 1 aromatic carbocycles. The molecule has 0 aliphatic heterocycles. The van der Waals surface area contributed by atoms with Gasteiger partial charge >= 0.3 is 0 Å². The first-order valence-electron chi connectivity index (χ1n) is 6.46. The Bertz CT molecular complexity index is 366. The summed E-state index contributed by atoms with van der Waals surface area (Å²) >= 11 is 0. The van der Waals surface area contributed by atoms with Gasteiger partial charge in [-0.15, -0.1) is 0 Å². The van der Waals surface area contributed by atoms with Crippen LogP contribution in [0.3, 0.4) is 0 Å². The van der Waals surface area contributed by atoms with Crippen molar-refractivity contribution in [3.8, 4) is 11.5 Å². The Kier molecular flexibility index (Phi) is 4.84. The number of para-hydroxylation sites is 2. The number of nitrogens with zero attached hydrogens (tertiary/aromatic N) is 1. The van der Waals surface area contributed by atoms with Crippen LogP contribution in [0.4, 0.5) is 0 Å². The van der Waals surface area contributed by atoms with Crippen LogP contribution in [-0.4, -0.2) is 49.5 Å². The van der Waals surface area contributed by atoms with Crippen LogP contribution in [0.25, 0.3) is 0 Å². The molecule has 18 heavy (non-hydrogen) atoms. The average molecular weight is 251 g/mol. The van der Waals surface area contributed by atoms with Gasteiger partial charge in [-0.2, -0.15) is 0 Å². The van der Waals surface area contributed by atoms with E-state index < -0.39 is 0 Å². The monoisotopic (exact) mass is 251 g/mol. The highest BCUT2D eigenvalue weighted by molar-refractivity contribution is 5.39. The predicted molar refractivity (Wildman–Crippen MR) is 70.2 cm³/mol. The van der Waals surface area contributed by atoms with E-state index >= 15 is 0 Å². The zero-order valence-electron chi connectivity index (χ0n) is 10.8. The molecule has 0 aromatic heterocycles. The molecule has 0 radical (unpaired) electrons. The Morgan fingerprint density at radius 1 is 1.22 bits per heavy atom. The zero-order valence-corrected chi connectivity index (χ0v) is 10.8. The maximum Gasteiger partial charge on any atom is 0.161 e. The van der Waals surface area contributed by atoms with Gasteiger partial charge in [0.05, 0.1) is 13.7 Å². The molecule has 1 aliphatic carbocycles. The highest BCUT2D eigenvalue weighted by atomic mass is 16.5. The van der Waals surface area contributed by atoms with Crippen LogP contribution in [0.5, 0.6) is 11.5 Å². The second kappa shape index (κ2) is 6.61. The van der Waals surface area contributed by atoms with E-state index in [9.17, 15) is 0 Å². The van der Waals surface area contributed by atoms with Crippen molar-refractivity contribution < 1.29 is 14.6 Å². The minimum Gasteiger partial charge on any atom is -0.493 e. The minimum absolute atomic E-state index is 0.213. The zero-order chi connectivity index (χ0) is 12.8. The molecule has 0 amide bonds. The van der Waals surface area contributed by atoms with Crippen molar-refractivity contribution in [3.63, 3.8) is 0 Å². The molecule has 0 atom stereocenters. The number of benzene rings is 1.